The van der Waals surface area contributed by atoms with Crippen molar-refractivity contribution >= 4 is 40.7 Å². The van der Waals surface area contributed by atoms with Crippen LogP contribution in [0.1, 0.15) is 26.3 Å². The minimum Gasteiger partial charge on any atom is -0.355 e. The van der Waals surface area contributed by atoms with Gasteiger partial charge in [0, 0.05) is 22.7 Å². The van der Waals surface area contributed by atoms with E-state index in [4.69, 9.17) is 23.2 Å². The molecule has 0 heterocycles. The van der Waals surface area contributed by atoms with E-state index in [0.717, 1.165) is 11.1 Å². The quantitative estimate of drug-likeness (QED) is 0.587. The van der Waals surface area contributed by atoms with Crippen LogP contribution in [0, 0.1) is 6.92 Å². The normalized spacial score (nSPS) is 10.4. The Balaban J connectivity index is 2.03. The highest BCUT2D eigenvalue weighted by Gasteiger charge is 2.19. The summed E-state index contributed by atoms with van der Waals surface area (Å²) in [6.45, 7) is 1.79. The first-order valence-electron chi connectivity index (χ1n) is 8.59. The molecule has 0 aromatic heterocycles. The van der Waals surface area contributed by atoms with Gasteiger partial charge in [-0.25, -0.2) is 0 Å². The summed E-state index contributed by atoms with van der Waals surface area (Å²) in [6.07, 6.45) is 0. The second kappa shape index (κ2) is 8.46. The molecule has 142 valence electrons. The molecule has 0 aliphatic rings. The standard InChI is InChI=1S/C22H18Cl2N2O2/c1-13-10-16(24)12-19(21(27)25-2)20(13)26-22(28)18-9-4-3-8-17(18)14-6-5-7-15(23)11-14/h3-12H,1-2H3,(H,25,27)(H,26,28). The third-order valence-corrected chi connectivity index (χ3v) is 4.77. The lowest BCUT2D eigenvalue weighted by Gasteiger charge is -2.15. The second-order valence-electron chi connectivity index (χ2n) is 6.23. The number of benzene rings is 3. The maximum Gasteiger partial charge on any atom is 0.256 e. The van der Waals surface area contributed by atoms with E-state index in [1.165, 1.54) is 13.1 Å². The summed E-state index contributed by atoms with van der Waals surface area (Å²) < 4.78 is 0. The molecule has 0 unspecified atom stereocenters. The van der Waals surface area contributed by atoms with E-state index < -0.39 is 0 Å². The molecule has 4 nitrogen and oxygen atoms in total. The molecule has 0 saturated carbocycles. The minimum atomic E-state index is -0.330. The Kier molecular flexibility index (Phi) is 6.02. The number of hydrogen-bond acceptors (Lipinski definition) is 2. The molecule has 0 spiro atoms. The zero-order valence-corrected chi connectivity index (χ0v) is 16.9. The predicted octanol–water partition coefficient (Wildman–Crippen LogP) is 5.58. The van der Waals surface area contributed by atoms with Gasteiger partial charge in [0.1, 0.15) is 0 Å². The Morgan fingerprint density at radius 2 is 1.57 bits per heavy atom. The zero-order valence-electron chi connectivity index (χ0n) is 15.3. The van der Waals surface area contributed by atoms with Crippen molar-refractivity contribution in [2.75, 3.05) is 12.4 Å². The Morgan fingerprint density at radius 1 is 0.821 bits per heavy atom. The first-order chi connectivity index (χ1) is 13.4. The topological polar surface area (TPSA) is 58.2 Å². The van der Waals surface area contributed by atoms with Crippen molar-refractivity contribution in [3.63, 3.8) is 0 Å². The van der Waals surface area contributed by atoms with Crippen LogP contribution in [0.4, 0.5) is 5.69 Å². The van der Waals surface area contributed by atoms with E-state index in [1.807, 2.05) is 24.3 Å². The summed E-state index contributed by atoms with van der Waals surface area (Å²) in [5.74, 6) is -0.657. The number of halogens is 2. The van der Waals surface area contributed by atoms with Crippen LogP contribution in [0.2, 0.25) is 10.0 Å². The SMILES string of the molecule is CNC(=O)c1cc(Cl)cc(C)c1NC(=O)c1ccccc1-c1cccc(Cl)c1. The molecule has 28 heavy (non-hydrogen) atoms. The molecule has 0 atom stereocenters. The fourth-order valence-electron chi connectivity index (χ4n) is 2.99. The average Bonchev–Trinajstić information content (AvgIpc) is 2.69. The fraction of sp³-hybridized carbons (Fsp3) is 0.0909. The van der Waals surface area contributed by atoms with Gasteiger partial charge in [-0.05, 0) is 53.9 Å². The van der Waals surface area contributed by atoms with Gasteiger partial charge < -0.3 is 10.6 Å². The highest BCUT2D eigenvalue weighted by molar-refractivity contribution is 6.31. The van der Waals surface area contributed by atoms with Crippen molar-refractivity contribution < 1.29 is 9.59 Å². The lowest BCUT2D eigenvalue weighted by molar-refractivity contribution is 0.0964. The third-order valence-electron chi connectivity index (χ3n) is 4.32. The third kappa shape index (κ3) is 4.19. The molecule has 3 aromatic carbocycles. The first-order valence-corrected chi connectivity index (χ1v) is 9.35. The van der Waals surface area contributed by atoms with Gasteiger partial charge in [0.05, 0.1) is 11.3 Å². The molecule has 0 fully saturated rings. The lowest BCUT2D eigenvalue weighted by atomic mass is 9.98. The summed E-state index contributed by atoms with van der Waals surface area (Å²) in [7, 11) is 1.53. The number of amides is 2. The number of anilines is 1. The monoisotopic (exact) mass is 412 g/mol. The summed E-state index contributed by atoms with van der Waals surface area (Å²) in [5.41, 5.74) is 3.48. The van der Waals surface area contributed by atoms with E-state index in [9.17, 15) is 9.59 Å². The van der Waals surface area contributed by atoms with Crippen molar-refractivity contribution in [1.29, 1.82) is 0 Å². The Labute approximate surface area is 173 Å². The Bertz CT molecular complexity index is 1060. The molecule has 0 saturated heterocycles. The molecule has 3 aromatic rings. The molecule has 3 rings (SSSR count). The Hall–Kier alpha value is -2.82. The summed E-state index contributed by atoms with van der Waals surface area (Å²) in [6, 6.07) is 17.8. The van der Waals surface area contributed by atoms with Crippen molar-refractivity contribution in [3.05, 3.63) is 87.4 Å². The van der Waals surface area contributed by atoms with Gasteiger partial charge in [0.15, 0.2) is 0 Å². The smallest absolute Gasteiger partial charge is 0.256 e. The lowest BCUT2D eigenvalue weighted by Crippen LogP contribution is -2.22. The van der Waals surface area contributed by atoms with Crippen LogP contribution < -0.4 is 10.6 Å². The molecular formula is C22H18Cl2N2O2. The van der Waals surface area contributed by atoms with E-state index in [1.54, 1.807) is 37.3 Å². The van der Waals surface area contributed by atoms with Crippen molar-refractivity contribution in [3.8, 4) is 11.1 Å². The van der Waals surface area contributed by atoms with E-state index >= 15 is 0 Å². The summed E-state index contributed by atoms with van der Waals surface area (Å²) >= 11 is 12.2. The summed E-state index contributed by atoms with van der Waals surface area (Å²) in [4.78, 5) is 25.3. The van der Waals surface area contributed by atoms with Gasteiger partial charge in [-0.3, -0.25) is 9.59 Å². The van der Waals surface area contributed by atoms with E-state index in [2.05, 4.69) is 10.6 Å². The highest BCUT2D eigenvalue weighted by Crippen LogP contribution is 2.29. The molecule has 2 N–H and O–H groups in total. The van der Waals surface area contributed by atoms with Crippen LogP contribution in [-0.2, 0) is 0 Å². The molecule has 0 aliphatic heterocycles. The number of carbonyl (C=O) groups excluding carboxylic acids is 2. The first kappa shape index (κ1) is 19.9. The van der Waals surface area contributed by atoms with Crippen LogP contribution in [0.25, 0.3) is 11.1 Å². The molecule has 0 bridgehead atoms. The van der Waals surface area contributed by atoms with E-state index in [-0.39, 0.29) is 11.8 Å². The fourth-order valence-corrected chi connectivity index (χ4v) is 3.46. The number of aryl methyl sites for hydroxylation is 1. The van der Waals surface area contributed by atoms with Gasteiger partial charge in [-0.15, -0.1) is 0 Å². The second-order valence-corrected chi connectivity index (χ2v) is 7.11. The van der Waals surface area contributed by atoms with Gasteiger partial charge in [-0.1, -0.05) is 53.5 Å². The maximum atomic E-state index is 13.1. The van der Waals surface area contributed by atoms with Crippen LogP contribution in [-0.4, -0.2) is 18.9 Å². The van der Waals surface area contributed by atoms with Gasteiger partial charge in [0.25, 0.3) is 11.8 Å². The molecule has 0 radical (unpaired) electrons. The van der Waals surface area contributed by atoms with Crippen molar-refractivity contribution in [2.45, 2.75) is 6.92 Å². The van der Waals surface area contributed by atoms with Crippen LogP contribution in [0.15, 0.2) is 60.7 Å². The highest BCUT2D eigenvalue weighted by atomic mass is 35.5. The molecule has 2 amide bonds. The molecule has 0 aliphatic carbocycles. The average molecular weight is 413 g/mol. The maximum absolute atomic E-state index is 13.1. The minimum absolute atomic E-state index is 0.307. The zero-order chi connectivity index (χ0) is 20.3. The predicted molar refractivity (Wildman–Crippen MR) is 114 cm³/mol. The van der Waals surface area contributed by atoms with Crippen molar-refractivity contribution in [1.82, 2.24) is 5.32 Å². The number of nitrogens with one attached hydrogen (secondary N) is 2. The van der Waals surface area contributed by atoms with Crippen molar-refractivity contribution in [2.24, 2.45) is 0 Å². The van der Waals surface area contributed by atoms with E-state index in [0.29, 0.717) is 32.4 Å². The van der Waals surface area contributed by atoms with Gasteiger partial charge >= 0.3 is 0 Å². The van der Waals surface area contributed by atoms with Crippen LogP contribution >= 0.6 is 23.2 Å². The van der Waals surface area contributed by atoms with Crippen LogP contribution in [0.5, 0.6) is 0 Å². The van der Waals surface area contributed by atoms with Crippen LogP contribution in [0.3, 0.4) is 0 Å². The molecular weight excluding hydrogens is 395 g/mol. The van der Waals surface area contributed by atoms with Gasteiger partial charge in [0.2, 0.25) is 0 Å². The Morgan fingerprint density at radius 3 is 2.29 bits per heavy atom. The number of carbonyl (C=O) groups is 2. The van der Waals surface area contributed by atoms with Gasteiger partial charge in [-0.2, -0.15) is 0 Å². The summed E-state index contributed by atoms with van der Waals surface area (Å²) in [5, 5.41) is 6.45. The largest absolute Gasteiger partial charge is 0.355 e. The number of hydrogen-bond donors (Lipinski definition) is 2. The molecule has 6 heteroatoms. The number of rotatable bonds is 4.